The van der Waals surface area contributed by atoms with Gasteiger partial charge in [0.05, 0.1) is 0 Å². The molecule has 0 saturated carbocycles. The topological polar surface area (TPSA) is 18.5 Å². The van der Waals surface area contributed by atoms with E-state index in [-0.39, 0.29) is 0 Å². The summed E-state index contributed by atoms with van der Waals surface area (Å²) in [6, 6.07) is 8.45. The predicted molar refractivity (Wildman–Crippen MR) is 131 cm³/mol. The first kappa shape index (κ1) is 24.4. The zero-order valence-electron chi connectivity index (χ0n) is 17.2. The summed E-state index contributed by atoms with van der Waals surface area (Å²) in [6.45, 7) is 9.16. The Balaban J connectivity index is 1.54. The summed E-state index contributed by atoms with van der Waals surface area (Å²) < 4.78 is 0. The molecule has 0 aromatic heterocycles. The number of nitrogens with one attached hydrogen (secondary N) is 1. The van der Waals surface area contributed by atoms with Crippen LogP contribution in [0.2, 0.25) is 5.02 Å². The molecule has 0 aliphatic carbocycles. The largest absolute Gasteiger partial charge is 0.315 e. The van der Waals surface area contributed by atoms with Gasteiger partial charge in [-0.15, -0.1) is 0 Å². The van der Waals surface area contributed by atoms with Gasteiger partial charge in [0.1, 0.15) is 0 Å². The molecule has 1 aromatic rings. The van der Waals surface area contributed by atoms with Gasteiger partial charge in [-0.25, -0.2) is 0 Å². The van der Waals surface area contributed by atoms with E-state index in [0.29, 0.717) is 5.92 Å². The SMILES string of the molecule is SCCNCCN(CCS)CCCCCN1CCC(c2ccc(Cl)cc2)CC1. The summed E-state index contributed by atoms with van der Waals surface area (Å²) in [4.78, 5) is 5.19. The van der Waals surface area contributed by atoms with Crippen molar-refractivity contribution >= 4 is 36.9 Å². The minimum absolute atomic E-state index is 0.708. The molecule has 1 fully saturated rings. The fourth-order valence-corrected chi connectivity index (χ4v) is 4.56. The molecule has 0 unspecified atom stereocenters. The highest BCUT2D eigenvalue weighted by atomic mass is 35.5. The van der Waals surface area contributed by atoms with Crippen molar-refractivity contribution in [3.63, 3.8) is 0 Å². The lowest BCUT2D eigenvalue weighted by Gasteiger charge is -2.32. The van der Waals surface area contributed by atoms with E-state index in [1.165, 1.54) is 63.8 Å². The van der Waals surface area contributed by atoms with Crippen molar-refractivity contribution in [3.05, 3.63) is 34.9 Å². The predicted octanol–water partition coefficient (Wildman–Crippen LogP) is 4.44. The lowest BCUT2D eigenvalue weighted by Crippen LogP contribution is -2.35. The van der Waals surface area contributed by atoms with Gasteiger partial charge in [0.25, 0.3) is 0 Å². The second kappa shape index (κ2) is 15.0. The molecule has 0 bridgehead atoms. The Kier molecular flexibility index (Phi) is 13.0. The average Bonchev–Trinajstić information content (AvgIpc) is 2.72. The third-order valence-electron chi connectivity index (χ3n) is 5.69. The number of hydrogen-bond donors (Lipinski definition) is 3. The number of halogens is 1. The van der Waals surface area contributed by atoms with E-state index >= 15 is 0 Å². The Bertz CT molecular complexity index is 507. The van der Waals surface area contributed by atoms with Crippen molar-refractivity contribution in [2.24, 2.45) is 0 Å². The molecule has 0 radical (unpaired) electrons. The van der Waals surface area contributed by atoms with Gasteiger partial charge in [-0.05, 0) is 75.5 Å². The van der Waals surface area contributed by atoms with Crippen LogP contribution in [-0.4, -0.2) is 73.7 Å². The van der Waals surface area contributed by atoms with E-state index in [1.807, 2.05) is 12.1 Å². The summed E-state index contributed by atoms with van der Waals surface area (Å²) in [6.07, 6.45) is 6.48. The number of benzene rings is 1. The van der Waals surface area contributed by atoms with Gasteiger partial charge in [-0.1, -0.05) is 30.2 Å². The van der Waals surface area contributed by atoms with Gasteiger partial charge in [0.15, 0.2) is 0 Å². The number of piperidine rings is 1. The van der Waals surface area contributed by atoms with E-state index in [2.05, 4.69) is 52.5 Å². The first-order valence-electron chi connectivity index (χ1n) is 10.9. The maximum absolute atomic E-state index is 6.01. The molecular formula is C22H38ClN3S2. The van der Waals surface area contributed by atoms with Crippen molar-refractivity contribution < 1.29 is 0 Å². The van der Waals surface area contributed by atoms with E-state index in [9.17, 15) is 0 Å². The van der Waals surface area contributed by atoms with E-state index in [4.69, 9.17) is 11.6 Å². The van der Waals surface area contributed by atoms with Crippen molar-refractivity contribution in [2.45, 2.75) is 38.0 Å². The molecular weight excluding hydrogens is 406 g/mol. The van der Waals surface area contributed by atoms with E-state index in [1.54, 1.807) is 0 Å². The van der Waals surface area contributed by atoms with Crippen molar-refractivity contribution in [1.82, 2.24) is 15.1 Å². The van der Waals surface area contributed by atoms with Crippen LogP contribution in [0.5, 0.6) is 0 Å². The first-order valence-corrected chi connectivity index (χ1v) is 12.5. The van der Waals surface area contributed by atoms with Crippen LogP contribution in [0.15, 0.2) is 24.3 Å². The summed E-state index contributed by atoms with van der Waals surface area (Å²) in [5.74, 6) is 2.55. The fourth-order valence-electron chi connectivity index (χ4n) is 3.99. The number of hydrogen-bond acceptors (Lipinski definition) is 5. The van der Waals surface area contributed by atoms with Crippen LogP contribution in [0.25, 0.3) is 0 Å². The molecule has 1 saturated heterocycles. The van der Waals surface area contributed by atoms with Gasteiger partial charge in [-0.2, -0.15) is 25.3 Å². The normalized spacial score (nSPS) is 16.1. The molecule has 1 aromatic carbocycles. The zero-order chi connectivity index (χ0) is 20.0. The summed E-state index contributed by atoms with van der Waals surface area (Å²) in [7, 11) is 0. The van der Waals surface area contributed by atoms with Crippen LogP contribution >= 0.6 is 36.9 Å². The minimum Gasteiger partial charge on any atom is -0.315 e. The van der Waals surface area contributed by atoms with Crippen LogP contribution in [0.3, 0.4) is 0 Å². The molecule has 2 rings (SSSR count). The summed E-state index contributed by atoms with van der Waals surface area (Å²) in [5.41, 5.74) is 1.46. The maximum Gasteiger partial charge on any atom is 0.0406 e. The lowest BCUT2D eigenvalue weighted by molar-refractivity contribution is 0.206. The Hall–Kier alpha value is 0.0900. The number of likely N-dealkylation sites (tertiary alicyclic amines) is 1. The smallest absolute Gasteiger partial charge is 0.0406 e. The molecule has 1 aliphatic rings. The zero-order valence-corrected chi connectivity index (χ0v) is 19.7. The molecule has 0 amide bonds. The molecule has 1 aliphatic heterocycles. The van der Waals surface area contributed by atoms with Crippen LogP contribution in [0, 0.1) is 0 Å². The first-order chi connectivity index (χ1) is 13.7. The van der Waals surface area contributed by atoms with E-state index in [0.717, 1.165) is 42.7 Å². The average molecular weight is 444 g/mol. The molecule has 160 valence electrons. The Morgan fingerprint density at radius 3 is 2.36 bits per heavy atom. The monoisotopic (exact) mass is 443 g/mol. The Morgan fingerprint density at radius 1 is 0.929 bits per heavy atom. The molecule has 0 atom stereocenters. The van der Waals surface area contributed by atoms with Gasteiger partial charge in [0, 0.05) is 42.7 Å². The van der Waals surface area contributed by atoms with Gasteiger partial charge in [-0.3, -0.25) is 0 Å². The standard InChI is InChI=1S/C22H38ClN3S2/c23-22-6-4-20(5-7-22)21-8-14-25(15-9-21)12-2-1-3-13-26(17-19-28)16-10-24-11-18-27/h4-7,21,24,27-28H,1-3,8-19H2. The van der Waals surface area contributed by atoms with Gasteiger partial charge >= 0.3 is 0 Å². The van der Waals surface area contributed by atoms with Crippen LogP contribution in [-0.2, 0) is 0 Å². The molecule has 1 N–H and O–H groups in total. The van der Waals surface area contributed by atoms with Crippen LogP contribution < -0.4 is 5.32 Å². The summed E-state index contributed by atoms with van der Waals surface area (Å²) >= 11 is 14.7. The second-order valence-electron chi connectivity index (χ2n) is 7.77. The second-order valence-corrected chi connectivity index (χ2v) is 9.10. The molecule has 1 heterocycles. The molecule has 0 spiro atoms. The van der Waals surface area contributed by atoms with Crippen molar-refractivity contribution in [3.8, 4) is 0 Å². The minimum atomic E-state index is 0.708. The molecule has 3 nitrogen and oxygen atoms in total. The van der Waals surface area contributed by atoms with Crippen LogP contribution in [0.4, 0.5) is 0 Å². The quantitative estimate of drug-likeness (QED) is 0.292. The third kappa shape index (κ3) is 9.73. The van der Waals surface area contributed by atoms with Crippen molar-refractivity contribution in [1.29, 1.82) is 0 Å². The third-order valence-corrected chi connectivity index (χ3v) is 6.36. The Morgan fingerprint density at radius 2 is 1.68 bits per heavy atom. The summed E-state index contributed by atoms with van der Waals surface area (Å²) in [5, 5.41) is 4.27. The Labute approximate surface area is 188 Å². The van der Waals surface area contributed by atoms with Crippen LogP contribution in [0.1, 0.15) is 43.6 Å². The van der Waals surface area contributed by atoms with E-state index < -0.39 is 0 Å². The maximum atomic E-state index is 6.01. The number of rotatable bonds is 14. The number of nitrogens with zero attached hydrogens (tertiary/aromatic N) is 2. The number of unbranched alkanes of at least 4 members (excludes halogenated alkanes) is 2. The highest BCUT2D eigenvalue weighted by Crippen LogP contribution is 2.28. The van der Waals surface area contributed by atoms with Gasteiger partial charge in [0.2, 0.25) is 0 Å². The highest BCUT2D eigenvalue weighted by Gasteiger charge is 2.20. The lowest BCUT2D eigenvalue weighted by atomic mass is 9.89. The number of thiol groups is 2. The fraction of sp³-hybridized carbons (Fsp3) is 0.727. The van der Waals surface area contributed by atoms with Gasteiger partial charge < -0.3 is 15.1 Å². The molecule has 28 heavy (non-hydrogen) atoms. The molecule has 6 heteroatoms. The van der Waals surface area contributed by atoms with Crippen molar-refractivity contribution in [2.75, 3.05) is 63.9 Å². The highest BCUT2D eigenvalue weighted by molar-refractivity contribution is 7.80.